The smallest absolute Gasteiger partial charge is 0.205 e. The predicted octanol–water partition coefficient (Wildman–Crippen LogP) is 1.51. The van der Waals surface area contributed by atoms with E-state index >= 15 is 0 Å². The summed E-state index contributed by atoms with van der Waals surface area (Å²) in [6.07, 6.45) is 0. The first-order chi connectivity index (χ1) is 12.2. The number of hydrogen-bond donors (Lipinski definition) is 1. The van der Waals surface area contributed by atoms with Crippen LogP contribution in [0.2, 0.25) is 0 Å². The average molecular weight is 338 g/mol. The zero-order valence-electron chi connectivity index (χ0n) is 13.3. The van der Waals surface area contributed by atoms with Crippen molar-refractivity contribution in [3.8, 4) is 17.1 Å². The van der Waals surface area contributed by atoms with Gasteiger partial charge in [-0.05, 0) is 35.5 Å². The van der Waals surface area contributed by atoms with Crippen LogP contribution in [0.15, 0.2) is 45.6 Å². The molecule has 0 aliphatic rings. The van der Waals surface area contributed by atoms with E-state index in [0.29, 0.717) is 39.1 Å². The van der Waals surface area contributed by atoms with Gasteiger partial charge < -0.3 is 14.3 Å². The third kappa shape index (κ3) is 2.72. The zero-order chi connectivity index (χ0) is 17.4. The molecule has 2 heterocycles. The molecule has 0 saturated carbocycles. The van der Waals surface area contributed by atoms with Crippen LogP contribution in [-0.4, -0.2) is 38.5 Å². The van der Waals surface area contributed by atoms with Gasteiger partial charge in [0, 0.05) is 5.56 Å². The van der Waals surface area contributed by atoms with Crippen molar-refractivity contribution in [2.45, 2.75) is 0 Å². The summed E-state index contributed by atoms with van der Waals surface area (Å²) in [5.41, 5.74) is 1.47. The van der Waals surface area contributed by atoms with Crippen molar-refractivity contribution in [2.75, 3.05) is 13.2 Å². The second-order valence-corrected chi connectivity index (χ2v) is 5.47. The number of tetrazole rings is 1. The summed E-state index contributed by atoms with van der Waals surface area (Å²) in [6, 6.07) is 10.2. The lowest BCUT2D eigenvalue weighted by molar-refractivity contribution is 0.201. The second kappa shape index (κ2) is 5.99. The van der Waals surface area contributed by atoms with Gasteiger partial charge in [0.25, 0.3) is 0 Å². The maximum Gasteiger partial charge on any atom is 0.205 e. The van der Waals surface area contributed by atoms with Gasteiger partial charge in [0.1, 0.15) is 23.5 Å². The summed E-state index contributed by atoms with van der Waals surface area (Å²) in [4.78, 5) is 14.1. The lowest BCUT2D eigenvalue weighted by atomic mass is 10.1. The molecule has 4 rings (SSSR count). The van der Waals surface area contributed by atoms with E-state index in [2.05, 4.69) is 15.4 Å². The van der Waals surface area contributed by atoms with Crippen LogP contribution in [0.1, 0.15) is 0 Å². The van der Waals surface area contributed by atoms with E-state index in [1.54, 1.807) is 43.4 Å². The summed E-state index contributed by atoms with van der Waals surface area (Å²) in [6.45, 7) is 0.0719. The van der Waals surface area contributed by atoms with Crippen LogP contribution >= 0.6 is 0 Å². The van der Waals surface area contributed by atoms with Gasteiger partial charge in [-0.15, -0.1) is 10.2 Å². The molecule has 126 valence electrons. The molecule has 8 nitrogen and oxygen atoms in total. The topological polar surface area (TPSA) is 103 Å². The van der Waals surface area contributed by atoms with Crippen LogP contribution in [-0.2, 0) is 7.05 Å². The Kier molecular flexibility index (Phi) is 3.66. The average Bonchev–Trinajstić information content (AvgIpc) is 3.06. The Labute approximate surface area is 141 Å². The van der Waals surface area contributed by atoms with Gasteiger partial charge in [-0.25, -0.2) is 0 Å². The van der Waals surface area contributed by atoms with Crippen LogP contribution in [0.3, 0.4) is 0 Å². The van der Waals surface area contributed by atoms with Crippen molar-refractivity contribution in [1.29, 1.82) is 0 Å². The molecule has 0 atom stereocenters. The Morgan fingerprint density at radius 2 is 2.04 bits per heavy atom. The molecule has 0 radical (unpaired) electrons. The van der Waals surface area contributed by atoms with Crippen LogP contribution < -0.4 is 10.2 Å². The minimum absolute atomic E-state index is 0.0937. The van der Waals surface area contributed by atoms with Gasteiger partial charge in [0.2, 0.25) is 11.3 Å². The number of aliphatic hydroxyl groups excluding tert-OH is 1. The maximum absolute atomic E-state index is 12.8. The molecule has 4 aromatic rings. The molecule has 0 aliphatic heterocycles. The van der Waals surface area contributed by atoms with Gasteiger partial charge in [0.05, 0.1) is 24.4 Å². The van der Waals surface area contributed by atoms with Crippen LogP contribution in [0, 0.1) is 0 Å². The minimum Gasteiger partial charge on any atom is -0.491 e. The first kappa shape index (κ1) is 15.3. The molecule has 8 heteroatoms. The van der Waals surface area contributed by atoms with E-state index in [-0.39, 0.29) is 18.6 Å². The molecule has 1 N–H and O–H groups in total. The highest BCUT2D eigenvalue weighted by Crippen LogP contribution is 2.25. The fourth-order valence-corrected chi connectivity index (χ4v) is 2.63. The van der Waals surface area contributed by atoms with E-state index in [1.165, 1.54) is 4.80 Å². The quantitative estimate of drug-likeness (QED) is 0.562. The van der Waals surface area contributed by atoms with Crippen molar-refractivity contribution < 1.29 is 14.3 Å². The molecule has 0 saturated heterocycles. The Morgan fingerprint density at radius 3 is 2.80 bits per heavy atom. The number of nitrogens with zero attached hydrogens (tertiary/aromatic N) is 4. The van der Waals surface area contributed by atoms with Crippen molar-refractivity contribution in [2.24, 2.45) is 7.05 Å². The molecule has 0 amide bonds. The Morgan fingerprint density at radius 1 is 1.16 bits per heavy atom. The largest absolute Gasteiger partial charge is 0.491 e. The number of aliphatic hydroxyl groups is 1. The number of ether oxygens (including phenoxy) is 1. The highest BCUT2D eigenvalue weighted by atomic mass is 16.5. The molecular formula is C17H14N4O4. The standard InChI is InChI=1S/C17H14N4O4/c1-21-19-17(18-20-21)10-2-4-12-15(8-10)25-14-5-3-11(24-7-6-22)9-13(14)16(12)23/h2-5,8-9,22H,6-7H2,1H3. The lowest BCUT2D eigenvalue weighted by Gasteiger charge is -2.06. The summed E-state index contributed by atoms with van der Waals surface area (Å²) in [5, 5.41) is 21.6. The Bertz CT molecular complexity index is 1130. The number of aryl methyl sites for hydroxylation is 1. The third-order valence-corrected chi connectivity index (χ3v) is 3.77. The van der Waals surface area contributed by atoms with E-state index in [0.717, 1.165) is 0 Å². The van der Waals surface area contributed by atoms with Gasteiger partial charge in [-0.2, -0.15) is 4.80 Å². The summed E-state index contributed by atoms with van der Waals surface area (Å²) < 4.78 is 11.2. The monoisotopic (exact) mass is 338 g/mol. The molecule has 0 unspecified atom stereocenters. The summed E-state index contributed by atoms with van der Waals surface area (Å²) >= 11 is 0. The second-order valence-electron chi connectivity index (χ2n) is 5.47. The minimum atomic E-state index is -0.149. The number of fused-ring (bicyclic) bond motifs is 2. The normalized spacial score (nSPS) is 11.3. The van der Waals surface area contributed by atoms with Crippen LogP contribution in [0.5, 0.6) is 5.75 Å². The summed E-state index contributed by atoms with van der Waals surface area (Å²) in [7, 11) is 1.68. The van der Waals surface area contributed by atoms with Crippen molar-refractivity contribution in [1.82, 2.24) is 20.2 Å². The number of benzene rings is 2. The van der Waals surface area contributed by atoms with Gasteiger partial charge >= 0.3 is 0 Å². The van der Waals surface area contributed by atoms with Crippen LogP contribution in [0.4, 0.5) is 0 Å². The molecular weight excluding hydrogens is 324 g/mol. The van der Waals surface area contributed by atoms with Crippen molar-refractivity contribution in [3.05, 3.63) is 46.6 Å². The van der Waals surface area contributed by atoms with Crippen LogP contribution in [0.25, 0.3) is 33.3 Å². The van der Waals surface area contributed by atoms with Crippen molar-refractivity contribution >= 4 is 21.9 Å². The number of hydrogen-bond acceptors (Lipinski definition) is 7. The van der Waals surface area contributed by atoms with E-state index < -0.39 is 0 Å². The molecule has 0 fully saturated rings. The van der Waals surface area contributed by atoms with E-state index in [4.69, 9.17) is 14.3 Å². The molecule has 2 aromatic carbocycles. The summed E-state index contributed by atoms with van der Waals surface area (Å²) in [5.74, 6) is 0.966. The first-order valence-corrected chi connectivity index (χ1v) is 7.64. The van der Waals surface area contributed by atoms with Crippen molar-refractivity contribution in [3.63, 3.8) is 0 Å². The molecule has 0 bridgehead atoms. The maximum atomic E-state index is 12.8. The first-order valence-electron chi connectivity index (χ1n) is 7.64. The van der Waals surface area contributed by atoms with Gasteiger partial charge in [-0.3, -0.25) is 4.79 Å². The molecule has 2 aromatic heterocycles. The molecule has 0 spiro atoms. The van der Waals surface area contributed by atoms with Gasteiger partial charge in [0.15, 0.2) is 0 Å². The van der Waals surface area contributed by atoms with E-state index in [1.807, 2.05) is 0 Å². The van der Waals surface area contributed by atoms with Gasteiger partial charge in [-0.1, -0.05) is 6.07 Å². The van der Waals surface area contributed by atoms with E-state index in [9.17, 15) is 4.79 Å². The third-order valence-electron chi connectivity index (χ3n) is 3.77. The number of aromatic nitrogens is 4. The molecule has 0 aliphatic carbocycles. The fraction of sp³-hybridized carbons (Fsp3) is 0.176. The fourth-order valence-electron chi connectivity index (χ4n) is 2.63. The Balaban J connectivity index is 1.87. The highest BCUT2D eigenvalue weighted by molar-refractivity contribution is 5.91. The predicted molar refractivity (Wildman–Crippen MR) is 90.4 cm³/mol. The zero-order valence-corrected chi connectivity index (χ0v) is 13.3. The highest BCUT2D eigenvalue weighted by Gasteiger charge is 2.12. The lowest BCUT2D eigenvalue weighted by Crippen LogP contribution is -2.05. The SMILES string of the molecule is Cn1nnc(-c2ccc3c(=O)c4cc(OCCO)ccc4oc3c2)n1. The Hall–Kier alpha value is -3.26. The number of rotatable bonds is 4. The molecule has 25 heavy (non-hydrogen) atoms.